The summed E-state index contributed by atoms with van der Waals surface area (Å²) in [6, 6.07) is 1.70. The highest BCUT2D eigenvalue weighted by Crippen LogP contribution is 2.41. The number of amides is 1. The number of aldehydes is 1. The predicted molar refractivity (Wildman–Crippen MR) is 112 cm³/mol. The maximum absolute atomic E-state index is 14.0. The SMILES string of the molecule is C[C@@H](CC=O)CN1Cc2[nH]nc(C(=O)N3CCC(c4ccc(F)c(F)c4C(F)(F)F)CC3)c2C1. The van der Waals surface area contributed by atoms with Gasteiger partial charge >= 0.3 is 6.18 Å². The number of aromatic nitrogens is 2. The molecule has 0 radical (unpaired) electrons. The van der Waals surface area contributed by atoms with Crippen LogP contribution in [0.3, 0.4) is 0 Å². The average molecular weight is 484 g/mol. The van der Waals surface area contributed by atoms with Crippen LogP contribution in [0.1, 0.15) is 65.0 Å². The van der Waals surface area contributed by atoms with Crippen LogP contribution in [0.4, 0.5) is 22.0 Å². The Morgan fingerprint density at radius 1 is 1.24 bits per heavy atom. The number of alkyl halides is 3. The molecule has 11 heteroatoms. The van der Waals surface area contributed by atoms with E-state index in [1.807, 2.05) is 6.92 Å². The Hall–Kier alpha value is -2.82. The van der Waals surface area contributed by atoms with Gasteiger partial charge < -0.3 is 9.69 Å². The van der Waals surface area contributed by atoms with E-state index in [4.69, 9.17) is 0 Å². The summed E-state index contributed by atoms with van der Waals surface area (Å²) in [7, 11) is 0. The molecule has 0 bridgehead atoms. The van der Waals surface area contributed by atoms with E-state index < -0.39 is 29.3 Å². The summed E-state index contributed by atoms with van der Waals surface area (Å²) in [5.74, 6) is -4.19. The maximum atomic E-state index is 14.0. The molecule has 3 heterocycles. The van der Waals surface area contributed by atoms with Crippen molar-refractivity contribution < 1.29 is 31.5 Å². The number of hydrogen-bond acceptors (Lipinski definition) is 4. The lowest BCUT2D eigenvalue weighted by Crippen LogP contribution is -2.39. The molecule has 4 rings (SSSR count). The van der Waals surface area contributed by atoms with E-state index in [1.165, 1.54) is 4.90 Å². The van der Waals surface area contributed by atoms with E-state index in [0.29, 0.717) is 37.8 Å². The van der Waals surface area contributed by atoms with Gasteiger partial charge in [0.05, 0.1) is 11.3 Å². The number of H-pyrrole nitrogens is 1. The first kappa shape index (κ1) is 24.3. The van der Waals surface area contributed by atoms with E-state index in [1.54, 1.807) is 0 Å². The topological polar surface area (TPSA) is 69.3 Å². The lowest BCUT2D eigenvalue weighted by molar-refractivity contribution is -0.141. The van der Waals surface area contributed by atoms with Crippen LogP contribution in [0.25, 0.3) is 0 Å². The lowest BCUT2D eigenvalue weighted by Gasteiger charge is -2.33. The fourth-order valence-electron chi connectivity index (χ4n) is 4.93. The Kier molecular flexibility index (Phi) is 6.75. The van der Waals surface area contributed by atoms with E-state index in [0.717, 1.165) is 23.6 Å². The van der Waals surface area contributed by atoms with Crippen molar-refractivity contribution in [2.24, 2.45) is 5.92 Å². The molecule has 1 amide bonds. The predicted octanol–water partition coefficient (Wildman–Crippen LogP) is 4.27. The molecule has 1 aromatic heterocycles. The fourth-order valence-corrected chi connectivity index (χ4v) is 4.93. The highest BCUT2D eigenvalue weighted by Gasteiger charge is 2.41. The molecule has 2 aromatic rings. The number of nitrogens with zero attached hydrogens (tertiary/aromatic N) is 3. The standard InChI is InChI=1S/C23H25F5N4O2/c1-13(6-9-33)10-31-11-16-18(12-31)29-30-21(16)22(34)32-7-4-14(5-8-32)15-2-3-17(24)20(25)19(15)23(26,27)28/h2-3,9,13-14H,4-8,10-12H2,1H3,(H,29,30)/t13-/m0/s1. The Labute approximate surface area is 193 Å². The zero-order chi connectivity index (χ0) is 24.6. The second-order valence-electron chi connectivity index (χ2n) is 9.10. The van der Waals surface area contributed by atoms with Gasteiger partial charge in [0.2, 0.25) is 0 Å². The summed E-state index contributed by atoms with van der Waals surface area (Å²) >= 11 is 0. The highest BCUT2D eigenvalue weighted by molar-refractivity contribution is 5.94. The molecule has 0 aliphatic carbocycles. The minimum atomic E-state index is -5.01. The van der Waals surface area contributed by atoms with Crippen LogP contribution >= 0.6 is 0 Å². The molecule has 1 N–H and O–H groups in total. The zero-order valence-electron chi connectivity index (χ0n) is 18.6. The number of carbonyl (C=O) groups is 2. The van der Waals surface area contributed by atoms with Crippen molar-refractivity contribution in [3.8, 4) is 0 Å². The van der Waals surface area contributed by atoms with Crippen LogP contribution in [0.2, 0.25) is 0 Å². The van der Waals surface area contributed by atoms with E-state index in [9.17, 15) is 31.5 Å². The van der Waals surface area contributed by atoms with Gasteiger partial charge in [0, 0.05) is 44.7 Å². The Morgan fingerprint density at radius 2 is 1.94 bits per heavy atom. The van der Waals surface area contributed by atoms with Gasteiger partial charge in [0.15, 0.2) is 17.3 Å². The van der Waals surface area contributed by atoms with Gasteiger partial charge in [-0.05, 0) is 36.3 Å². The third-order valence-corrected chi connectivity index (χ3v) is 6.62. The third kappa shape index (κ3) is 4.70. The average Bonchev–Trinajstić information content (AvgIpc) is 3.34. The molecule has 1 saturated heterocycles. The first-order chi connectivity index (χ1) is 16.1. The maximum Gasteiger partial charge on any atom is 0.419 e. The first-order valence-electron chi connectivity index (χ1n) is 11.2. The zero-order valence-corrected chi connectivity index (χ0v) is 18.6. The van der Waals surface area contributed by atoms with Crippen LogP contribution in [-0.4, -0.2) is 51.8 Å². The number of carbonyl (C=O) groups excluding carboxylic acids is 2. The second-order valence-corrected chi connectivity index (χ2v) is 9.10. The number of aromatic amines is 1. The minimum absolute atomic E-state index is 0.182. The van der Waals surface area contributed by atoms with Crippen molar-refractivity contribution in [1.29, 1.82) is 0 Å². The Morgan fingerprint density at radius 3 is 2.59 bits per heavy atom. The molecule has 0 saturated carbocycles. The van der Waals surface area contributed by atoms with Crippen molar-refractivity contribution in [3.63, 3.8) is 0 Å². The number of likely N-dealkylation sites (tertiary alicyclic amines) is 1. The van der Waals surface area contributed by atoms with Gasteiger partial charge in [-0.15, -0.1) is 0 Å². The first-order valence-corrected chi connectivity index (χ1v) is 11.2. The van der Waals surface area contributed by atoms with Crippen molar-refractivity contribution >= 4 is 12.2 Å². The summed E-state index contributed by atoms with van der Waals surface area (Å²) in [6.07, 6.45) is -3.28. The molecule has 6 nitrogen and oxygen atoms in total. The van der Waals surface area contributed by atoms with Crippen LogP contribution in [0.5, 0.6) is 0 Å². The summed E-state index contributed by atoms with van der Waals surface area (Å²) in [6.45, 7) is 4.17. The van der Waals surface area contributed by atoms with Gasteiger partial charge in [0.25, 0.3) is 5.91 Å². The van der Waals surface area contributed by atoms with Crippen molar-refractivity contribution in [1.82, 2.24) is 20.0 Å². The van der Waals surface area contributed by atoms with Crippen molar-refractivity contribution in [2.45, 2.75) is 51.4 Å². The second kappa shape index (κ2) is 9.44. The van der Waals surface area contributed by atoms with E-state index in [-0.39, 0.29) is 43.3 Å². The van der Waals surface area contributed by atoms with Gasteiger partial charge in [-0.25, -0.2) is 8.78 Å². The number of nitrogens with one attached hydrogen (secondary N) is 1. The summed E-state index contributed by atoms with van der Waals surface area (Å²) in [4.78, 5) is 27.5. The van der Waals surface area contributed by atoms with Gasteiger partial charge in [-0.3, -0.25) is 14.8 Å². The summed E-state index contributed by atoms with van der Waals surface area (Å²) < 4.78 is 67.7. The number of hydrogen-bond donors (Lipinski definition) is 1. The molecule has 2 aliphatic heterocycles. The smallest absolute Gasteiger partial charge is 0.337 e. The Balaban J connectivity index is 1.43. The summed E-state index contributed by atoms with van der Waals surface area (Å²) in [5.41, 5.74) is 0.0897. The van der Waals surface area contributed by atoms with Crippen LogP contribution < -0.4 is 0 Å². The molecular formula is C23H25F5N4O2. The molecule has 1 atom stereocenters. The summed E-state index contributed by atoms with van der Waals surface area (Å²) in [5, 5.41) is 7.07. The molecule has 34 heavy (non-hydrogen) atoms. The molecule has 1 fully saturated rings. The molecule has 2 aliphatic rings. The van der Waals surface area contributed by atoms with Crippen LogP contribution in [-0.2, 0) is 24.1 Å². The molecule has 0 spiro atoms. The molecule has 0 unspecified atom stereocenters. The highest BCUT2D eigenvalue weighted by atomic mass is 19.4. The number of fused-ring (bicyclic) bond motifs is 1. The van der Waals surface area contributed by atoms with Crippen molar-refractivity contribution in [2.75, 3.05) is 19.6 Å². The van der Waals surface area contributed by atoms with E-state index >= 15 is 0 Å². The Bertz CT molecular complexity index is 1080. The van der Waals surface area contributed by atoms with Gasteiger partial charge in [0.1, 0.15) is 6.29 Å². The van der Waals surface area contributed by atoms with Gasteiger partial charge in [-0.1, -0.05) is 13.0 Å². The molecule has 184 valence electrons. The third-order valence-electron chi connectivity index (χ3n) is 6.62. The lowest BCUT2D eigenvalue weighted by atomic mass is 9.86. The monoisotopic (exact) mass is 484 g/mol. The number of rotatable bonds is 6. The van der Waals surface area contributed by atoms with Gasteiger partial charge in [-0.2, -0.15) is 18.3 Å². The number of benzene rings is 1. The van der Waals surface area contributed by atoms with Crippen molar-refractivity contribution in [3.05, 3.63) is 51.8 Å². The largest absolute Gasteiger partial charge is 0.419 e. The number of halogens is 5. The quantitative estimate of drug-likeness (QED) is 0.491. The normalized spacial score (nSPS) is 18.2. The molecular weight excluding hydrogens is 459 g/mol. The van der Waals surface area contributed by atoms with Crippen LogP contribution in [0, 0.1) is 17.6 Å². The molecule has 1 aromatic carbocycles. The van der Waals surface area contributed by atoms with E-state index in [2.05, 4.69) is 15.1 Å². The fraction of sp³-hybridized carbons (Fsp3) is 0.522. The van der Waals surface area contributed by atoms with Crippen LogP contribution in [0.15, 0.2) is 12.1 Å². The minimum Gasteiger partial charge on any atom is -0.337 e. The number of piperidine rings is 1.